The number of furan rings is 2. The molecule has 0 bridgehead atoms. The molecule has 0 amide bonds. The topological polar surface area (TPSA) is 60.4 Å². The number of thiophene rings is 2. The molecular formula is C34H20O4S4. The molecule has 0 spiro atoms. The summed E-state index contributed by atoms with van der Waals surface area (Å²) in [5.74, 6) is 2.99. The van der Waals surface area contributed by atoms with Crippen molar-refractivity contribution in [2.45, 2.75) is 23.6 Å². The molecule has 0 saturated heterocycles. The van der Waals surface area contributed by atoms with E-state index in [2.05, 4.69) is 31.2 Å². The summed E-state index contributed by atoms with van der Waals surface area (Å²) < 4.78 is 12.3. The first kappa shape index (κ1) is 25.9. The van der Waals surface area contributed by atoms with Crippen LogP contribution >= 0.6 is 46.2 Å². The SMILES string of the molecule is Cc1ccc2c(c1)SC(=O)/C2=C1/C(=O)Sc2cc(-c3ccc(-c4ccc(-c5ccc(-c6ccc(C)s6)o5)o4)s3)ccc21. The first-order valence-corrected chi connectivity index (χ1v) is 16.5. The highest BCUT2D eigenvalue weighted by Crippen LogP contribution is 2.51. The summed E-state index contributed by atoms with van der Waals surface area (Å²) >= 11 is 5.74. The minimum atomic E-state index is -0.0789. The molecule has 2 aromatic carbocycles. The zero-order valence-electron chi connectivity index (χ0n) is 22.3. The summed E-state index contributed by atoms with van der Waals surface area (Å²) in [6.07, 6.45) is 0. The van der Waals surface area contributed by atoms with Crippen molar-refractivity contribution in [3.05, 3.63) is 106 Å². The van der Waals surface area contributed by atoms with Crippen LogP contribution in [0.1, 0.15) is 21.6 Å². The van der Waals surface area contributed by atoms with Gasteiger partial charge in [0.15, 0.2) is 11.5 Å². The first-order chi connectivity index (χ1) is 20.4. The van der Waals surface area contributed by atoms with Crippen LogP contribution in [0.2, 0.25) is 0 Å². The molecule has 0 fully saturated rings. The van der Waals surface area contributed by atoms with Gasteiger partial charge in [0.2, 0.25) is 10.2 Å². The summed E-state index contributed by atoms with van der Waals surface area (Å²) in [7, 11) is 0. The maximum Gasteiger partial charge on any atom is 0.225 e. The maximum atomic E-state index is 13.2. The van der Waals surface area contributed by atoms with Gasteiger partial charge in [0.05, 0.1) is 9.75 Å². The first-order valence-electron chi connectivity index (χ1n) is 13.2. The molecule has 2 aliphatic heterocycles. The van der Waals surface area contributed by atoms with Crippen LogP contribution in [0.25, 0.3) is 54.4 Å². The Morgan fingerprint density at radius 3 is 1.71 bits per heavy atom. The number of hydrogen-bond donors (Lipinski definition) is 0. The third-order valence-electron chi connectivity index (χ3n) is 7.29. The molecule has 4 aromatic heterocycles. The van der Waals surface area contributed by atoms with Crippen molar-refractivity contribution in [2.24, 2.45) is 0 Å². The minimum absolute atomic E-state index is 0.0652. The zero-order valence-corrected chi connectivity index (χ0v) is 25.6. The Kier molecular flexibility index (Phi) is 6.08. The lowest BCUT2D eigenvalue weighted by Gasteiger charge is -2.06. The van der Waals surface area contributed by atoms with Crippen molar-refractivity contribution in [1.29, 1.82) is 0 Å². The van der Waals surface area contributed by atoms with Crippen LogP contribution in [0.3, 0.4) is 0 Å². The van der Waals surface area contributed by atoms with E-state index < -0.39 is 0 Å². The van der Waals surface area contributed by atoms with Gasteiger partial charge in [0.25, 0.3) is 0 Å². The molecule has 0 atom stereocenters. The van der Waals surface area contributed by atoms with Gasteiger partial charge in [-0.2, -0.15) is 0 Å². The second-order valence-electron chi connectivity index (χ2n) is 10.1. The predicted molar refractivity (Wildman–Crippen MR) is 173 cm³/mol. The van der Waals surface area contributed by atoms with Gasteiger partial charge in [-0.3, -0.25) is 9.59 Å². The number of carbonyl (C=O) groups is 2. The number of hydrogen-bond acceptors (Lipinski definition) is 8. The Labute approximate surface area is 258 Å². The largest absolute Gasteiger partial charge is 0.452 e. The van der Waals surface area contributed by atoms with Crippen molar-refractivity contribution in [3.8, 4) is 43.2 Å². The van der Waals surface area contributed by atoms with E-state index in [1.54, 1.807) is 22.7 Å². The molecule has 8 heteroatoms. The fourth-order valence-electron chi connectivity index (χ4n) is 5.28. The number of benzene rings is 2. The highest BCUT2D eigenvalue weighted by Gasteiger charge is 2.36. The quantitative estimate of drug-likeness (QED) is 0.183. The minimum Gasteiger partial charge on any atom is -0.452 e. The van der Waals surface area contributed by atoms with E-state index in [4.69, 9.17) is 8.83 Å². The predicted octanol–water partition coefficient (Wildman–Crippen LogP) is 10.5. The third-order valence-corrected chi connectivity index (χ3v) is 11.4. The monoisotopic (exact) mass is 620 g/mol. The van der Waals surface area contributed by atoms with Gasteiger partial charge in [0, 0.05) is 41.8 Å². The fraction of sp³-hybridized carbons (Fsp3) is 0.0588. The van der Waals surface area contributed by atoms with E-state index in [-0.39, 0.29) is 10.2 Å². The average molecular weight is 621 g/mol. The third kappa shape index (κ3) is 4.29. The lowest BCUT2D eigenvalue weighted by atomic mass is 9.95. The second kappa shape index (κ2) is 9.88. The second-order valence-corrected chi connectivity index (χ2v) is 14.5. The summed E-state index contributed by atoms with van der Waals surface area (Å²) in [6, 6.07) is 28.1. The van der Waals surface area contributed by atoms with Crippen LogP contribution in [0.5, 0.6) is 0 Å². The molecular weight excluding hydrogens is 601 g/mol. The Morgan fingerprint density at radius 2 is 1.07 bits per heavy atom. The average Bonchev–Trinajstić information content (AvgIpc) is 3.80. The molecule has 204 valence electrons. The smallest absolute Gasteiger partial charge is 0.225 e. The summed E-state index contributed by atoms with van der Waals surface area (Å²) in [4.78, 5) is 32.4. The Hall–Kier alpha value is -3.82. The van der Waals surface area contributed by atoms with E-state index in [0.717, 1.165) is 58.2 Å². The molecule has 0 saturated carbocycles. The van der Waals surface area contributed by atoms with Crippen LogP contribution in [-0.4, -0.2) is 10.2 Å². The van der Waals surface area contributed by atoms with Gasteiger partial charge in [-0.05, 0) is 109 Å². The molecule has 2 aliphatic rings. The highest BCUT2D eigenvalue weighted by molar-refractivity contribution is 8.16. The molecule has 6 aromatic rings. The van der Waals surface area contributed by atoms with E-state index in [9.17, 15) is 9.59 Å². The van der Waals surface area contributed by atoms with Crippen LogP contribution < -0.4 is 0 Å². The highest BCUT2D eigenvalue weighted by atomic mass is 32.2. The van der Waals surface area contributed by atoms with Gasteiger partial charge in [-0.25, -0.2) is 0 Å². The van der Waals surface area contributed by atoms with Crippen molar-refractivity contribution in [1.82, 2.24) is 0 Å². The van der Waals surface area contributed by atoms with Gasteiger partial charge in [-0.1, -0.05) is 24.3 Å². The van der Waals surface area contributed by atoms with Gasteiger partial charge in [0.1, 0.15) is 11.5 Å². The Balaban J connectivity index is 1.08. The van der Waals surface area contributed by atoms with Crippen LogP contribution in [0, 0.1) is 13.8 Å². The summed E-state index contributed by atoms with van der Waals surface area (Å²) in [5, 5.41) is -0.144. The maximum absolute atomic E-state index is 13.2. The van der Waals surface area contributed by atoms with E-state index in [0.29, 0.717) is 22.7 Å². The Bertz CT molecular complexity index is 2120. The summed E-state index contributed by atoms with van der Waals surface area (Å²) in [6.45, 7) is 4.09. The number of rotatable bonds is 4. The van der Waals surface area contributed by atoms with Crippen LogP contribution in [0.4, 0.5) is 0 Å². The number of fused-ring (bicyclic) bond motifs is 2. The lowest BCUT2D eigenvalue weighted by Crippen LogP contribution is -1.99. The lowest BCUT2D eigenvalue weighted by molar-refractivity contribution is -0.107. The zero-order chi connectivity index (χ0) is 28.5. The molecule has 0 unspecified atom stereocenters. The molecule has 0 radical (unpaired) electrons. The molecule has 42 heavy (non-hydrogen) atoms. The van der Waals surface area contributed by atoms with Gasteiger partial charge in [-0.15, -0.1) is 22.7 Å². The van der Waals surface area contributed by atoms with Gasteiger partial charge < -0.3 is 8.83 Å². The van der Waals surface area contributed by atoms with E-state index in [1.165, 1.54) is 28.4 Å². The summed E-state index contributed by atoms with van der Waals surface area (Å²) in [5.41, 5.74) is 4.84. The molecule has 0 aliphatic carbocycles. The van der Waals surface area contributed by atoms with E-state index >= 15 is 0 Å². The van der Waals surface area contributed by atoms with Crippen molar-refractivity contribution >= 4 is 67.6 Å². The molecule has 4 nitrogen and oxygen atoms in total. The molecule has 0 N–H and O–H groups in total. The molecule has 8 rings (SSSR count). The Morgan fingerprint density at radius 1 is 0.524 bits per heavy atom. The molecule has 6 heterocycles. The van der Waals surface area contributed by atoms with E-state index in [1.807, 2.05) is 67.6 Å². The number of aryl methyl sites for hydroxylation is 2. The standard InChI is InChI=1S/C34H20O4S4/c1-17-3-6-20-29(15-17)41-33(35)31(20)32-21-7-5-19(16-30(21)42-34(32)36)26-13-14-28(40-26)25-11-9-23(38-25)22-8-10-24(37-22)27-12-4-18(2)39-27/h3-16H,1-2H3/b32-31+. The number of thioether (sulfide) groups is 2. The van der Waals surface area contributed by atoms with Crippen molar-refractivity contribution in [2.75, 3.05) is 0 Å². The normalized spacial score (nSPS) is 16.0. The van der Waals surface area contributed by atoms with Crippen molar-refractivity contribution < 1.29 is 18.4 Å². The van der Waals surface area contributed by atoms with Crippen molar-refractivity contribution in [3.63, 3.8) is 0 Å². The fourth-order valence-corrected chi connectivity index (χ4v) is 9.09. The van der Waals surface area contributed by atoms with Gasteiger partial charge >= 0.3 is 0 Å². The van der Waals surface area contributed by atoms with Crippen LogP contribution in [0.15, 0.2) is 104 Å². The number of carbonyl (C=O) groups excluding carboxylic acids is 2. The van der Waals surface area contributed by atoms with Crippen LogP contribution in [-0.2, 0) is 9.59 Å².